The predicted octanol–water partition coefficient (Wildman–Crippen LogP) is 6.17. The van der Waals surface area contributed by atoms with E-state index < -0.39 is 12.1 Å². The lowest BCUT2D eigenvalue weighted by Gasteiger charge is -2.19. The second-order valence-electron chi connectivity index (χ2n) is 11.8. The molecule has 1 aromatic heterocycles. The van der Waals surface area contributed by atoms with Gasteiger partial charge in [-0.3, -0.25) is 19.3 Å². The number of carbonyl (C=O) groups excluding carboxylic acids is 4. The van der Waals surface area contributed by atoms with Crippen molar-refractivity contribution < 1.29 is 23.9 Å². The summed E-state index contributed by atoms with van der Waals surface area (Å²) in [6.45, 7) is 3.51. The highest BCUT2D eigenvalue weighted by Crippen LogP contribution is 2.56. The minimum Gasteiger partial charge on any atom is -0.451 e. The summed E-state index contributed by atoms with van der Waals surface area (Å²) in [6.07, 6.45) is 2.10. The molecule has 7 rings (SSSR count). The van der Waals surface area contributed by atoms with Gasteiger partial charge < -0.3 is 4.74 Å². The van der Waals surface area contributed by atoms with Crippen LogP contribution in [0.2, 0.25) is 0 Å². The zero-order valence-corrected chi connectivity index (χ0v) is 23.4. The molecule has 42 heavy (non-hydrogen) atoms. The third-order valence-corrected chi connectivity index (χ3v) is 9.27. The number of nitrogens with zero attached hydrogens (tertiary/aromatic N) is 2. The van der Waals surface area contributed by atoms with E-state index in [-0.39, 0.29) is 29.4 Å². The maximum atomic E-state index is 13.4. The number of para-hydroxylation sites is 1. The number of pyridine rings is 1. The molecule has 2 bridgehead atoms. The number of ketones is 1. The fraction of sp³-hybridized carbons (Fsp3) is 0.286. The lowest BCUT2D eigenvalue weighted by Crippen LogP contribution is -2.32. The van der Waals surface area contributed by atoms with Gasteiger partial charge in [-0.15, -0.1) is 0 Å². The quantitative estimate of drug-likeness (QED) is 0.160. The summed E-state index contributed by atoms with van der Waals surface area (Å²) in [5.41, 5.74) is 4.25. The van der Waals surface area contributed by atoms with Gasteiger partial charge in [0.15, 0.2) is 6.10 Å². The molecule has 7 heteroatoms. The van der Waals surface area contributed by atoms with Gasteiger partial charge in [-0.25, -0.2) is 9.78 Å². The number of aryl methyl sites for hydroxylation is 1. The van der Waals surface area contributed by atoms with Crippen LogP contribution in [-0.4, -0.2) is 34.7 Å². The van der Waals surface area contributed by atoms with Gasteiger partial charge in [-0.05, 0) is 69.2 Å². The molecular formula is C35H30N2O5. The molecule has 210 valence electrons. The highest BCUT2D eigenvalue weighted by atomic mass is 16.5. The summed E-state index contributed by atoms with van der Waals surface area (Å²) in [5.74, 6) is -0.735. The summed E-state index contributed by atoms with van der Waals surface area (Å²) in [4.78, 5) is 59.0. The van der Waals surface area contributed by atoms with Crippen molar-refractivity contribution in [3.63, 3.8) is 0 Å². The van der Waals surface area contributed by atoms with Crippen LogP contribution in [0.4, 0.5) is 5.69 Å². The Bertz CT molecular complexity index is 1730. The summed E-state index contributed by atoms with van der Waals surface area (Å²) < 4.78 is 5.65. The number of benzene rings is 3. The first kappa shape index (κ1) is 26.3. The highest BCUT2D eigenvalue weighted by molar-refractivity contribution is 6.22. The molecule has 1 aliphatic heterocycles. The first-order valence-electron chi connectivity index (χ1n) is 14.5. The zero-order valence-electron chi connectivity index (χ0n) is 23.4. The van der Waals surface area contributed by atoms with Gasteiger partial charge in [0.25, 0.3) is 0 Å². The third-order valence-electron chi connectivity index (χ3n) is 9.27. The van der Waals surface area contributed by atoms with Crippen LogP contribution in [0, 0.1) is 30.6 Å². The van der Waals surface area contributed by atoms with Crippen molar-refractivity contribution in [1.29, 1.82) is 0 Å². The first-order chi connectivity index (χ1) is 20.3. The van der Waals surface area contributed by atoms with Crippen molar-refractivity contribution in [2.75, 3.05) is 4.90 Å². The van der Waals surface area contributed by atoms with E-state index in [0.29, 0.717) is 45.2 Å². The molecule has 0 radical (unpaired) electrons. The number of imide groups is 1. The lowest BCUT2D eigenvalue weighted by atomic mass is 9.81. The second-order valence-corrected chi connectivity index (χ2v) is 11.8. The highest BCUT2D eigenvalue weighted by Gasteiger charge is 2.61. The first-order valence-corrected chi connectivity index (χ1v) is 14.5. The van der Waals surface area contributed by atoms with Gasteiger partial charge in [0.2, 0.25) is 17.6 Å². The van der Waals surface area contributed by atoms with E-state index in [1.54, 1.807) is 43.3 Å². The molecule has 4 aromatic rings. The maximum absolute atomic E-state index is 13.4. The van der Waals surface area contributed by atoms with Crippen LogP contribution in [0.5, 0.6) is 0 Å². The van der Waals surface area contributed by atoms with Crippen molar-refractivity contribution in [1.82, 2.24) is 4.98 Å². The topological polar surface area (TPSA) is 93.6 Å². The van der Waals surface area contributed by atoms with Crippen molar-refractivity contribution >= 4 is 40.2 Å². The Morgan fingerprint density at radius 3 is 2.19 bits per heavy atom. The molecule has 3 aromatic carbocycles. The molecule has 0 spiro atoms. The van der Waals surface area contributed by atoms with Gasteiger partial charge >= 0.3 is 5.97 Å². The van der Waals surface area contributed by atoms with Crippen molar-refractivity contribution in [2.24, 2.45) is 23.7 Å². The Balaban J connectivity index is 1.16. The SMILES string of the molecule is Cc1ccc(C(=O)[C@H](C)OC(=O)c2cc(-c3ccc(N4C(=O)[C@@H]5[C@H]6CC[C@@H](C6)[C@@H]5C4=O)cc3)nc3ccccc23)cc1. The minimum atomic E-state index is -0.972. The van der Waals surface area contributed by atoms with E-state index in [2.05, 4.69) is 0 Å². The summed E-state index contributed by atoms with van der Waals surface area (Å²) in [7, 11) is 0. The molecule has 3 fully saturated rings. The van der Waals surface area contributed by atoms with Gasteiger partial charge in [0.1, 0.15) is 0 Å². The standard InChI is InChI=1S/C35H30N2O5/c1-19-7-9-22(10-8-19)32(38)20(2)42-35(41)27-18-29(36-28-6-4-3-5-26(27)28)21-13-15-25(16-14-21)37-33(39)30-23-11-12-24(17-23)31(30)34(37)40/h3-10,13-16,18,20,23-24,30-31H,11-12,17H2,1-2H3/t20-,23-,24-,30-,31+/m0/s1. The number of hydrogen-bond acceptors (Lipinski definition) is 6. The Kier molecular flexibility index (Phi) is 6.26. The summed E-state index contributed by atoms with van der Waals surface area (Å²) >= 11 is 0. The number of carbonyl (C=O) groups is 4. The van der Waals surface area contributed by atoms with Crippen LogP contribution in [0.1, 0.15) is 52.5 Å². The number of rotatable bonds is 6. The van der Waals surface area contributed by atoms with Crippen molar-refractivity contribution in [3.8, 4) is 11.3 Å². The average Bonchev–Trinajstić information content (AvgIpc) is 3.70. The Hall–Kier alpha value is -4.65. The van der Waals surface area contributed by atoms with Gasteiger partial charge in [-0.1, -0.05) is 60.2 Å². The van der Waals surface area contributed by atoms with E-state index in [1.807, 2.05) is 49.4 Å². The van der Waals surface area contributed by atoms with Gasteiger partial charge in [0.05, 0.1) is 34.3 Å². The van der Waals surface area contributed by atoms with Crippen LogP contribution in [0.25, 0.3) is 22.2 Å². The average molecular weight is 559 g/mol. The smallest absolute Gasteiger partial charge is 0.339 e. The monoisotopic (exact) mass is 558 g/mol. The van der Waals surface area contributed by atoms with E-state index in [9.17, 15) is 19.2 Å². The number of aromatic nitrogens is 1. The molecule has 2 amide bonds. The van der Waals surface area contributed by atoms with E-state index in [0.717, 1.165) is 30.4 Å². The Morgan fingerprint density at radius 2 is 1.52 bits per heavy atom. The Morgan fingerprint density at radius 1 is 0.881 bits per heavy atom. The summed E-state index contributed by atoms with van der Waals surface area (Å²) in [6, 6.07) is 23.3. The molecule has 0 unspecified atom stereocenters. The molecule has 0 N–H and O–H groups in total. The Labute approximate surface area is 243 Å². The molecule has 7 nitrogen and oxygen atoms in total. The van der Waals surface area contributed by atoms with Crippen LogP contribution < -0.4 is 4.90 Å². The summed E-state index contributed by atoms with van der Waals surface area (Å²) in [5, 5.41) is 0.618. The predicted molar refractivity (Wildman–Crippen MR) is 158 cm³/mol. The zero-order chi connectivity index (χ0) is 29.1. The number of anilines is 1. The van der Waals surface area contributed by atoms with Crippen molar-refractivity contribution in [2.45, 2.75) is 39.2 Å². The molecule has 3 aliphatic rings. The van der Waals surface area contributed by atoms with Gasteiger partial charge in [-0.2, -0.15) is 0 Å². The van der Waals surface area contributed by atoms with E-state index >= 15 is 0 Å². The number of Topliss-reactive ketones (excluding diaryl/α,β-unsaturated/α-hetero) is 1. The normalized spacial score (nSPS) is 23.3. The number of fused-ring (bicyclic) bond motifs is 6. The van der Waals surface area contributed by atoms with Crippen molar-refractivity contribution in [3.05, 3.63) is 95.6 Å². The fourth-order valence-electron chi connectivity index (χ4n) is 7.17. The van der Waals surface area contributed by atoms with E-state index in [4.69, 9.17) is 9.72 Å². The molecule has 5 atom stereocenters. The number of esters is 1. The van der Waals surface area contributed by atoms with Crippen LogP contribution >= 0.6 is 0 Å². The third kappa shape index (κ3) is 4.23. The van der Waals surface area contributed by atoms with Crippen LogP contribution in [0.15, 0.2) is 78.9 Å². The van der Waals surface area contributed by atoms with Crippen LogP contribution in [-0.2, 0) is 14.3 Å². The second kappa shape index (κ2) is 10.0. The minimum absolute atomic E-state index is 0.0758. The lowest BCUT2D eigenvalue weighted by molar-refractivity contribution is -0.123. The fourth-order valence-corrected chi connectivity index (χ4v) is 7.17. The number of hydrogen-bond donors (Lipinski definition) is 0. The van der Waals surface area contributed by atoms with Crippen LogP contribution in [0.3, 0.4) is 0 Å². The molecule has 1 saturated heterocycles. The number of amides is 2. The molecular weight excluding hydrogens is 528 g/mol. The maximum Gasteiger partial charge on any atom is 0.339 e. The number of ether oxygens (including phenoxy) is 1. The van der Waals surface area contributed by atoms with E-state index in [1.165, 1.54) is 4.90 Å². The molecule has 2 heterocycles. The largest absolute Gasteiger partial charge is 0.451 e. The molecule has 2 saturated carbocycles. The molecule has 2 aliphatic carbocycles. The van der Waals surface area contributed by atoms with Gasteiger partial charge in [0, 0.05) is 16.5 Å².